The minimum atomic E-state index is -0.836. The molecule has 0 spiro atoms. The first-order valence-electron chi connectivity index (χ1n) is 8.25. The average molecular weight is 338 g/mol. The van der Waals surface area contributed by atoms with E-state index in [9.17, 15) is 0 Å². The van der Waals surface area contributed by atoms with E-state index in [0.717, 1.165) is 0 Å². The molecule has 2 radical (unpaired) electrons. The Morgan fingerprint density at radius 3 is 1.08 bits per heavy atom. The lowest BCUT2D eigenvalue weighted by Gasteiger charge is -2.24. The third-order valence-corrected chi connectivity index (χ3v) is 6.03. The first kappa shape index (κ1) is 18.9. The molecule has 2 nitrogen and oxygen atoms in total. The van der Waals surface area contributed by atoms with Crippen LogP contribution in [0, 0.1) is 27.7 Å². The van der Waals surface area contributed by atoms with E-state index in [1.54, 1.807) is 0 Å². The Morgan fingerprint density at radius 2 is 0.875 bits per heavy atom. The van der Waals surface area contributed by atoms with Gasteiger partial charge in [0, 0.05) is 39.6 Å². The number of hydrogen-bond donors (Lipinski definition) is 0. The van der Waals surface area contributed by atoms with Gasteiger partial charge in [0.1, 0.15) is 7.57 Å². The van der Waals surface area contributed by atoms with Crippen LogP contribution in [0.15, 0.2) is 24.3 Å². The van der Waals surface area contributed by atoms with Crippen LogP contribution in [0.1, 0.15) is 22.3 Å². The number of rotatable bonds is 4. The molecular formula is C20H28BN2P. The highest BCUT2D eigenvalue weighted by molar-refractivity contribution is 7.94. The first-order valence-corrected chi connectivity index (χ1v) is 9.66. The van der Waals surface area contributed by atoms with Gasteiger partial charge in [-0.25, -0.2) is 0 Å². The van der Waals surface area contributed by atoms with Crippen molar-refractivity contribution in [3.8, 4) is 0 Å². The number of aryl methyl sites for hydroxylation is 4. The first-order chi connectivity index (χ1) is 11.1. The molecule has 2 aromatic rings. The predicted molar refractivity (Wildman–Crippen MR) is 112 cm³/mol. The number of anilines is 2. The van der Waals surface area contributed by atoms with Gasteiger partial charge in [-0.15, -0.1) is 0 Å². The van der Waals surface area contributed by atoms with Crippen molar-refractivity contribution in [2.75, 3.05) is 38.0 Å². The lowest BCUT2D eigenvalue weighted by Crippen LogP contribution is -2.19. The van der Waals surface area contributed by atoms with Gasteiger partial charge < -0.3 is 9.80 Å². The SMILES string of the molecule is [B]P(c1cc(C)c(N(C)C)c(C)c1)c1cc(C)c(N(C)C)c(C)c1. The number of benzene rings is 2. The van der Waals surface area contributed by atoms with E-state index in [1.165, 1.54) is 44.2 Å². The number of nitrogens with zero attached hydrogens (tertiary/aromatic N) is 2. The molecule has 0 fully saturated rings. The van der Waals surface area contributed by atoms with Crippen molar-refractivity contribution in [3.63, 3.8) is 0 Å². The van der Waals surface area contributed by atoms with Gasteiger partial charge in [0.05, 0.1) is 0 Å². The average Bonchev–Trinajstić information content (AvgIpc) is 2.43. The van der Waals surface area contributed by atoms with Gasteiger partial charge in [-0.1, -0.05) is 32.1 Å². The van der Waals surface area contributed by atoms with Crippen molar-refractivity contribution >= 4 is 37.3 Å². The van der Waals surface area contributed by atoms with Crippen LogP contribution in [-0.4, -0.2) is 35.8 Å². The van der Waals surface area contributed by atoms with E-state index >= 15 is 0 Å². The highest BCUT2D eigenvalue weighted by atomic mass is 31.1. The van der Waals surface area contributed by atoms with Crippen LogP contribution in [0.2, 0.25) is 0 Å². The highest BCUT2D eigenvalue weighted by Gasteiger charge is 2.15. The Hall–Kier alpha value is -1.47. The molecule has 24 heavy (non-hydrogen) atoms. The Bertz CT molecular complexity index is 644. The lowest BCUT2D eigenvalue weighted by atomic mass is 10.1. The molecule has 2 aromatic carbocycles. The molecule has 0 saturated carbocycles. The number of hydrogen-bond acceptors (Lipinski definition) is 2. The maximum Gasteiger partial charge on any atom is 0.121 e. The van der Waals surface area contributed by atoms with Crippen molar-refractivity contribution in [2.24, 2.45) is 0 Å². The summed E-state index contributed by atoms with van der Waals surface area (Å²) in [6.45, 7) is 8.67. The fraction of sp³-hybridized carbons (Fsp3) is 0.400. The molecule has 126 valence electrons. The normalized spacial score (nSPS) is 11.0. The van der Waals surface area contributed by atoms with Gasteiger partial charge in [-0.05, 0) is 60.6 Å². The molecule has 0 unspecified atom stereocenters. The molecule has 0 bridgehead atoms. The Kier molecular flexibility index (Phi) is 5.65. The Labute approximate surface area is 150 Å². The van der Waals surface area contributed by atoms with Crippen LogP contribution >= 0.6 is 7.80 Å². The maximum absolute atomic E-state index is 6.68. The molecule has 0 aliphatic heterocycles. The molecular weight excluding hydrogens is 310 g/mol. The fourth-order valence-corrected chi connectivity index (χ4v) is 5.33. The maximum atomic E-state index is 6.68. The van der Waals surface area contributed by atoms with Gasteiger partial charge in [-0.2, -0.15) is 0 Å². The van der Waals surface area contributed by atoms with Gasteiger partial charge in [0.15, 0.2) is 0 Å². The Balaban J connectivity index is 2.48. The molecule has 0 amide bonds. The van der Waals surface area contributed by atoms with E-state index in [0.29, 0.717) is 0 Å². The van der Waals surface area contributed by atoms with Gasteiger partial charge in [-0.3, -0.25) is 0 Å². The lowest BCUT2D eigenvalue weighted by molar-refractivity contribution is 1.10. The summed E-state index contributed by atoms with van der Waals surface area (Å²) in [5, 5.41) is 2.48. The zero-order valence-electron chi connectivity index (χ0n) is 16.2. The molecule has 0 aliphatic carbocycles. The van der Waals surface area contributed by atoms with E-state index in [-0.39, 0.29) is 0 Å². The zero-order chi connectivity index (χ0) is 18.2. The monoisotopic (exact) mass is 338 g/mol. The second kappa shape index (κ2) is 7.19. The summed E-state index contributed by atoms with van der Waals surface area (Å²) in [6.07, 6.45) is 0. The smallest absolute Gasteiger partial charge is 0.121 e. The van der Waals surface area contributed by atoms with Gasteiger partial charge >= 0.3 is 0 Å². The fourth-order valence-electron chi connectivity index (χ4n) is 3.70. The van der Waals surface area contributed by atoms with Crippen LogP contribution in [0.5, 0.6) is 0 Å². The van der Waals surface area contributed by atoms with Crippen LogP contribution in [0.3, 0.4) is 0 Å². The highest BCUT2D eigenvalue weighted by Crippen LogP contribution is 2.34. The summed E-state index contributed by atoms with van der Waals surface area (Å²) in [5.41, 5.74) is 7.71. The summed E-state index contributed by atoms with van der Waals surface area (Å²) in [4.78, 5) is 4.35. The molecule has 4 heteroatoms. The van der Waals surface area contributed by atoms with Gasteiger partial charge in [0.25, 0.3) is 0 Å². The van der Waals surface area contributed by atoms with Gasteiger partial charge in [0.2, 0.25) is 0 Å². The van der Waals surface area contributed by atoms with Crippen molar-refractivity contribution in [1.29, 1.82) is 0 Å². The summed E-state index contributed by atoms with van der Waals surface area (Å²) in [5.74, 6) is 0. The third kappa shape index (κ3) is 3.62. The topological polar surface area (TPSA) is 6.48 Å². The predicted octanol–water partition coefficient (Wildman–Crippen LogP) is 3.57. The molecule has 0 atom stereocenters. The van der Waals surface area contributed by atoms with E-state index in [1.807, 2.05) is 0 Å². The van der Waals surface area contributed by atoms with Crippen LogP contribution < -0.4 is 20.4 Å². The molecule has 0 heterocycles. The summed E-state index contributed by atoms with van der Waals surface area (Å²) < 4.78 is 0. The largest absolute Gasteiger partial charge is 0.377 e. The molecule has 0 aromatic heterocycles. The minimum Gasteiger partial charge on any atom is -0.377 e. The van der Waals surface area contributed by atoms with E-state index in [2.05, 4.69) is 90.0 Å². The molecule has 2 rings (SSSR count). The van der Waals surface area contributed by atoms with E-state index < -0.39 is 7.80 Å². The van der Waals surface area contributed by atoms with Crippen LogP contribution in [-0.2, 0) is 0 Å². The van der Waals surface area contributed by atoms with Crippen molar-refractivity contribution in [2.45, 2.75) is 27.7 Å². The second-order valence-corrected chi connectivity index (χ2v) is 8.79. The summed E-state index contributed by atoms with van der Waals surface area (Å²) in [7, 11) is 14.2. The van der Waals surface area contributed by atoms with Crippen molar-refractivity contribution in [3.05, 3.63) is 46.5 Å². The zero-order valence-corrected chi connectivity index (χ0v) is 17.1. The Morgan fingerprint density at radius 1 is 0.625 bits per heavy atom. The molecule has 0 saturated heterocycles. The van der Waals surface area contributed by atoms with Crippen LogP contribution in [0.4, 0.5) is 11.4 Å². The third-order valence-electron chi connectivity index (χ3n) is 4.40. The molecule has 0 N–H and O–H groups in total. The molecule has 0 aliphatic rings. The van der Waals surface area contributed by atoms with Crippen LogP contribution in [0.25, 0.3) is 0 Å². The van der Waals surface area contributed by atoms with E-state index in [4.69, 9.17) is 7.57 Å². The minimum absolute atomic E-state index is 0.836. The quantitative estimate of drug-likeness (QED) is 0.621. The van der Waals surface area contributed by atoms with Crippen molar-refractivity contribution < 1.29 is 0 Å². The van der Waals surface area contributed by atoms with Crippen molar-refractivity contribution in [1.82, 2.24) is 0 Å². The summed E-state index contributed by atoms with van der Waals surface area (Å²) in [6, 6.07) is 8.99. The summed E-state index contributed by atoms with van der Waals surface area (Å²) >= 11 is 0. The standard InChI is InChI=1S/C20H28BN2P/c1-13-9-17(10-14(2)19(13)22(5)6)24(21)18-11-15(3)20(23(7)8)16(4)12-18/h9-12H,1-8H3. The second-order valence-electron chi connectivity index (χ2n) is 7.02.